The third kappa shape index (κ3) is 5.04. The number of amides is 1. The monoisotopic (exact) mass is 394 g/mol. The molecule has 0 bridgehead atoms. The van der Waals surface area contributed by atoms with Gasteiger partial charge in [-0.05, 0) is 66.1 Å². The first-order chi connectivity index (χ1) is 13.6. The number of nitrogens with zero attached hydrogens (tertiary/aromatic N) is 2. The second kappa shape index (κ2) is 9.60. The number of hydrogen-bond donors (Lipinski definition) is 0. The number of hydrogen-bond acceptors (Lipinski definition) is 4. The maximum absolute atomic E-state index is 12.6. The van der Waals surface area contributed by atoms with Gasteiger partial charge in [-0.2, -0.15) is 0 Å². The third-order valence-electron chi connectivity index (χ3n) is 4.50. The van der Waals surface area contributed by atoms with Crippen molar-refractivity contribution in [2.45, 2.75) is 33.1 Å². The molecule has 0 unspecified atom stereocenters. The van der Waals surface area contributed by atoms with E-state index in [1.807, 2.05) is 42.5 Å². The van der Waals surface area contributed by atoms with E-state index in [4.69, 9.17) is 4.74 Å². The van der Waals surface area contributed by atoms with Crippen molar-refractivity contribution in [3.63, 3.8) is 0 Å². The summed E-state index contributed by atoms with van der Waals surface area (Å²) in [6.45, 7) is 4.97. The topological polar surface area (TPSA) is 41.9 Å². The first-order valence-corrected chi connectivity index (χ1v) is 10.5. The van der Waals surface area contributed by atoms with Crippen molar-refractivity contribution in [1.82, 2.24) is 4.90 Å². The van der Waals surface area contributed by atoms with Gasteiger partial charge in [0, 0.05) is 7.05 Å². The molecular formula is C23H26N2O2S. The first kappa shape index (κ1) is 20.2. The lowest BCUT2D eigenvalue weighted by atomic mass is 10.2. The zero-order valence-electron chi connectivity index (χ0n) is 16.6. The molecule has 1 aliphatic heterocycles. The molecule has 0 N–H and O–H groups in total. The molecule has 2 aromatic rings. The van der Waals surface area contributed by atoms with Crippen molar-refractivity contribution in [1.29, 1.82) is 0 Å². The van der Waals surface area contributed by atoms with Crippen molar-refractivity contribution < 1.29 is 9.53 Å². The molecule has 3 rings (SSSR count). The molecule has 0 aliphatic carbocycles. The molecular weight excluding hydrogens is 368 g/mol. The van der Waals surface area contributed by atoms with E-state index in [-0.39, 0.29) is 5.91 Å². The van der Waals surface area contributed by atoms with Gasteiger partial charge >= 0.3 is 0 Å². The molecule has 5 heteroatoms. The SMILES string of the molecule is CCCCOc1cccc(/C=C2/SC(=Nc3ccc(CC)cc3)N(C)C2=O)c1. The van der Waals surface area contributed by atoms with Gasteiger partial charge < -0.3 is 4.74 Å². The minimum absolute atomic E-state index is 0.0359. The predicted octanol–water partition coefficient (Wildman–Crippen LogP) is 5.66. The highest BCUT2D eigenvalue weighted by molar-refractivity contribution is 8.18. The van der Waals surface area contributed by atoms with Gasteiger partial charge in [0.25, 0.3) is 5.91 Å². The molecule has 0 radical (unpaired) electrons. The maximum atomic E-state index is 12.6. The molecule has 0 aromatic heterocycles. The molecule has 1 heterocycles. The Hall–Kier alpha value is -2.53. The minimum atomic E-state index is -0.0359. The van der Waals surface area contributed by atoms with E-state index in [1.54, 1.807) is 11.9 Å². The lowest BCUT2D eigenvalue weighted by Crippen LogP contribution is -2.23. The Morgan fingerprint density at radius 3 is 2.64 bits per heavy atom. The van der Waals surface area contributed by atoms with Crippen LogP contribution in [0.2, 0.25) is 0 Å². The van der Waals surface area contributed by atoms with Crippen LogP contribution in [0.3, 0.4) is 0 Å². The molecule has 0 saturated carbocycles. The van der Waals surface area contributed by atoms with Crippen LogP contribution in [-0.4, -0.2) is 29.6 Å². The van der Waals surface area contributed by atoms with Crippen molar-refractivity contribution >= 4 is 34.6 Å². The largest absolute Gasteiger partial charge is 0.494 e. The normalized spacial score (nSPS) is 17.0. The highest BCUT2D eigenvalue weighted by atomic mass is 32.2. The van der Waals surface area contributed by atoms with Crippen LogP contribution in [0.15, 0.2) is 58.4 Å². The van der Waals surface area contributed by atoms with E-state index in [0.717, 1.165) is 36.3 Å². The summed E-state index contributed by atoms with van der Waals surface area (Å²) < 4.78 is 5.76. The Balaban J connectivity index is 1.77. The average Bonchev–Trinajstić information content (AvgIpc) is 2.97. The second-order valence-corrected chi connectivity index (χ2v) is 7.67. The number of rotatable bonds is 7. The number of carbonyl (C=O) groups excluding carboxylic acids is 1. The molecule has 146 valence electrons. The first-order valence-electron chi connectivity index (χ1n) is 9.68. The Morgan fingerprint density at radius 1 is 1.14 bits per heavy atom. The molecule has 2 aromatic carbocycles. The van der Waals surface area contributed by atoms with Gasteiger partial charge in [0.05, 0.1) is 17.2 Å². The van der Waals surface area contributed by atoms with E-state index in [0.29, 0.717) is 16.7 Å². The number of unbranched alkanes of at least 4 members (excludes halogenated alkanes) is 1. The summed E-state index contributed by atoms with van der Waals surface area (Å²) in [5.74, 6) is 0.794. The lowest BCUT2D eigenvalue weighted by Gasteiger charge is -2.07. The van der Waals surface area contributed by atoms with Crippen LogP contribution in [-0.2, 0) is 11.2 Å². The smallest absolute Gasteiger partial charge is 0.266 e. The number of amidine groups is 1. The number of aliphatic imine (C=N–C) groups is 1. The van der Waals surface area contributed by atoms with Gasteiger partial charge in [0.15, 0.2) is 5.17 Å². The molecule has 4 nitrogen and oxygen atoms in total. The summed E-state index contributed by atoms with van der Waals surface area (Å²) in [5, 5.41) is 0.691. The van der Waals surface area contributed by atoms with Gasteiger partial charge in [0.1, 0.15) is 5.75 Å². The Kier molecular flexibility index (Phi) is 6.93. The van der Waals surface area contributed by atoms with E-state index in [9.17, 15) is 4.79 Å². The Morgan fingerprint density at radius 2 is 1.93 bits per heavy atom. The molecule has 1 saturated heterocycles. The second-order valence-electron chi connectivity index (χ2n) is 6.66. The fourth-order valence-electron chi connectivity index (χ4n) is 2.75. The molecule has 1 amide bonds. The van der Waals surface area contributed by atoms with Crippen molar-refractivity contribution in [3.8, 4) is 5.75 Å². The quantitative estimate of drug-likeness (QED) is 0.449. The summed E-state index contributed by atoms with van der Waals surface area (Å²) in [6.07, 6.45) is 5.03. The van der Waals surface area contributed by atoms with Crippen molar-refractivity contribution in [2.75, 3.05) is 13.7 Å². The average molecular weight is 395 g/mol. The molecule has 28 heavy (non-hydrogen) atoms. The number of benzene rings is 2. The zero-order valence-corrected chi connectivity index (χ0v) is 17.5. The molecule has 1 aliphatic rings. The fourth-order valence-corrected chi connectivity index (χ4v) is 3.73. The van der Waals surface area contributed by atoms with Crippen molar-refractivity contribution in [2.24, 2.45) is 4.99 Å². The van der Waals surface area contributed by atoms with Gasteiger partial charge in [-0.3, -0.25) is 9.69 Å². The van der Waals surface area contributed by atoms with E-state index in [1.165, 1.54) is 17.3 Å². The van der Waals surface area contributed by atoms with Gasteiger partial charge in [-0.25, -0.2) is 4.99 Å². The minimum Gasteiger partial charge on any atom is -0.494 e. The summed E-state index contributed by atoms with van der Waals surface area (Å²) in [4.78, 5) is 19.5. The summed E-state index contributed by atoms with van der Waals surface area (Å²) in [5.41, 5.74) is 3.08. The number of likely N-dealkylation sites (N-methyl/N-ethyl adjacent to an activating group) is 1. The van der Waals surface area contributed by atoms with Crippen LogP contribution in [0.5, 0.6) is 5.75 Å². The van der Waals surface area contributed by atoms with Crippen LogP contribution in [0.25, 0.3) is 6.08 Å². The standard InChI is InChI=1S/C23H26N2O2S/c1-4-6-14-27-20-9-7-8-18(15-20)16-21-22(26)25(3)23(28-21)24-19-12-10-17(5-2)11-13-19/h7-13,15-16H,4-6,14H2,1-3H3/b21-16+,24-23?. The highest BCUT2D eigenvalue weighted by Crippen LogP contribution is 2.33. The van der Waals surface area contributed by atoms with Gasteiger partial charge in [-0.15, -0.1) is 0 Å². The number of thioether (sulfide) groups is 1. The summed E-state index contributed by atoms with van der Waals surface area (Å²) >= 11 is 1.40. The van der Waals surface area contributed by atoms with E-state index >= 15 is 0 Å². The number of ether oxygens (including phenoxy) is 1. The van der Waals surface area contributed by atoms with E-state index in [2.05, 4.69) is 31.0 Å². The van der Waals surface area contributed by atoms with Crippen LogP contribution in [0.1, 0.15) is 37.8 Å². The summed E-state index contributed by atoms with van der Waals surface area (Å²) in [6, 6.07) is 16.0. The fraction of sp³-hybridized carbons (Fsp3) is 0.304. The molecule has 0 atom stereocenters. The summed E-state index contributed by atoms with van der Waals surface area (Å²) in [7, 11) is 1.76. The molecule has 0 spiro atoms. The number of aryl methyl sites for hydroxylation is 1. The third-order valence-corrected chi connectivity index (χ3v) is 5.56. The van der Waals surface area contributed by atoms with Crippen molar-refractivity contribution in [3.05, 3.63) is 64.6 Å². The highest BCUT2D eigenvalue weighted by Gasteiger charge is 2.30. The number of carbonyl (C=O) groups is 1. The maximum Gasteiger partial charge on any atom is 0.266 e. The van der Waals surface area contributed by atoms with Gasteiger partial charge in [-0.1, -0.05) is 44.5 Å². The Bertz CT molecular complexity index is 888. The van der Waals surface area contributed by atoms with Gasteiger partial charge in [0.2, 0.25) is 0 Å². The molecule has 1 fully saturated rings. The predicted molar refractivity (Wildman–Crippen MR) is 118 cm³/mol. The van der Waals surface area contributed by atoms with Crippen LogP contribution >= 0.6 is 11.8 Å². The van der Waals surface area contributed by atoms with Crippen LogP contribution < -0.4 is 4.74 Å². The Labute approximate surface area is 171 Å². The lowest BCUT2D eigenvalue weighted by molar-refractivity contribution is -0.121. The van der Waals surface area contributed by atoms with E-state index < -0.39 is 0 Å². The van der Waals surface area contributed by atoms with Crippen LogP contribution in [0, 0.1) is 0 Å². The van der Waals surface area contributed by atoms with Crippen LogP contribution in [0.4, 0.5) is 5.69 Å². The zero-order chi connectivity index (χ0) is 19.9.